The summed E-state index contributed by atoms with van der Waals surface area (Å²) in [4.78, 5) is 37.4. The smallest absolute Gasteiger partial charge is 0.275 e. The van der Waals surface area contributed by atoms with Crippen LogP contribution in [-0.4, -0.2) is 28.6 Å². The highest BCUT2D eigenvalue weighted by atomic mass is 16.2. The predicted octanol–water partition coefficient (Wildman–Crippen LogP) is 2.69. The maximum Gasteiger partial charge on any atom is 0.275 e. The number of amides is 2. The summed E-state index contributed by atoms with van der Waals surface area (Å²) in [6.07, 6.45) is 0. The van der Waals surface area contributed by atoms with Crippen LogP contribution in [0.4, 0.5) is 5.69 Å². The van der Waals surface area contributed by atoms with Crippen LogP contribution in [0.1, 0.15) is 36.8 Å². The lowest BCUT2D eigenvalue weighted by molar-refractivity contribution is -0.117. The van der Waals surface area contributed by atoms with E-state index in [1.807, 2.05) is 24.3 Å². The van der Waals surface area contributed by atoms with E-state index < -0.39 is 17.4 Å². The van der Waals surface area contributed by atoms with E-state index in [1.54, 1.807) is 24.3 Å². The Balaban J connectivity index is 1.88. The van der Waals surface area contributed by atoms with Gasteiger partial charge < -0.3 is 10.6 Å². The molecule has 0 aliphatic heterocycles. The number of carbonyl (C=O) groups excluding carboxylic acids is 2. The number of aromatic nitrogens is 2. The monoisotopic (exact) mass is 392 g/mol. The van der Waals surface area contributed by atoms with Crippen LogP contribution in [0.5, 0.6) is 0 Å². The van der Waals surface area contributed by atoms with Gasteiger partial charge in [-0.05, 0) is 29.2 Å². The Kier molecular flexibility index (Phi) is 5.50. The molecule has 0 aliphatic rings. The van der Waals surface area contributed by atoms with E-state index in [2.05, 4.69) is 36.5 Å². The zero-order valence-corrected chi connectivity index (χ0v) is 16.9. The molecule has 2 amide bonds. The number of carbonyl (C=O) groups is 2. The fraction of sp³-hybridized carbons (Fsp3) is 0.273. The largest absolute Gasteiger partial charge is 0.354 e. The molecule has 7 heteroatoms. The van der Waals surface area contributed by atoms with Gasteiger partial charge in [0.2, 0.25) is 5.91 Å². The summed E-state index contributed by atoms with van der Waals surface area (Å²) in [5.74, 6) is -0.825. The molecule has 2 N–H and O–H groups in total. The topological polar surface area (TPSA) is 93.1 Å². The third-order valence-electron chi connectivity index (χ3n) is 4.64. The second-order valence-corrected chi connectivity index (χ2v) is 7.81. The van der Waals surface area contributed by atoms with Crippen LogP contribution in [0.25, 0.3) is 10.8 Å². The first-order valence-corrected chi connectivity index (χ1v) is 9.33. The van der Waals surface area contributed by atoms with E-state index in [4.69, 9.17) is 0 Å². The second-order valence-electron chi connectivity index (χ2n) is 7.81. The van der Waals surface area contributed by atoms with Crippen LogP contribution >= 0.6 is 0 Å². The summed E-state index contributed by atoms with van der Waals surface area (Å²) >= 11 is 0. The SMILES string of the molecule is CNC(=O)c1nn(CC(=O)Nc2ccc(C(C)(C)C)cc2)c(=O)c2ccccc12. The molecule has 2 aromatic carbocycles. The van der Waals surface area contributed by atoms with Gasteiger partial charge in [-0.15, -0.1) is 0 Å². The maximum absolute atomic E-state index is 12.7. The van der Waals surface area contributed by atoms with Gasteiger partial charge in [0.15, 0.2) is 5.69 Å². The van der Waals surface area contributed by atoms with Gasteiger partial charge in [0, 0.05) is 18.1 Å². The van der Waals surface area contributed by atoms with E-state index in [-0.39, 0.29) is 17.7 Å². The van der Waals surface area contributed by atoms with Crippen molar-refractivity contribution < 1.29 is 9.59 Å². The van der Waals surface area contributed by atoms with E-state index in [0.717, 1.165) is 10.2 Å². The number of hydrogen-bond donors (Lipinski definition) is 2. The molecule has 3 aromatic rings. The highest BCUT2D eigenvalue weighted by Gasteiger charge is 2.17. The molecule has 1 aromatic heterocycles. The molecule has 0 fully saturated rings. The minimum atomic E-state index is -0.425. The van der Waals surface area contributed by atoms with Crippen molar-refractivity contribution in [2.75, 3.05) is 12.4 Å². The Morgan fingerprint density at radius 1 is 1.00 bits per heavy atom. The third kappa shape index (κ3) is 4.34. The van der Waals surface area contributed by atoms with Crippen molar-refractivity contribution in [3.05, 3.63) is 70.1 Å². The Morgan fingerprint density at radius 3 is 2.21 bits per heavy atom. The predicted molar refractivity (Wildman–Crippen MR) is 113 cm³/mol. The lowest BCUT2D eigenvalue weighted by Gasteiger charge is -2.19. The normalized spacial score (nSPS) is 11.3. The summed E-state index contributed by atoms with van der Waals surface area (Å²) in [7, 11) is 1.49. The molecule has 1 heterocycles. The minimum absolute atomic E-state index is 0.0150. The molecule has 3 rings (SSSR count). The van der Waals surface area contributed by atoms with Crippen molar-refractivity contribution in [3.63, 3.8) is 0 Å². The Labute approximate surface area is 168 Å². The molecule has 0 aliphatic carbocycles. The minimum Gasteiger partial charge on any atom is -0.354 e. The van der Waals surface area contributed by atoms with Crippen molar-refractivity contribution in [2.45, 2.75) is 32.7 Å². The fourth-order valence-electron chi connectivity index (χ4n) is 3.02. The average Bonchev–Trinajstić information content (AvgIpc) is 2.69. The highest BCUT2D eigenvalue weighted by molar-refractivity contribution is 6.04. The molecule has 0 spiro atoms. The number of hydrogen-bond acceptors (Lipinski definition) is 4. The highest BCUT2D eigenvalue weighted by Crippen LogP contribution is 2.23. The lowest BCUT2D eigenvalue weighted by Crippen LogP contribution is -2.33. The van der Waals surface area contributed by atoms with Crippen molar-refractivity contribution >= 4 is 28.3 Å². The van der Waals surface area contributed by atoms with Gasteiger partial charge in [-0.2, -0.15) is 5.10 Å². The van der Waals surface area contributed by atoms with Gasteiger partial charge in [0.1, 0.15) is 6.54 Å². The molecule has 0 saturated carbocycles. The van der Waals surface area contributed by atoms with Crippen LogP contribution in [0.3, 0.4) is 0 Å². The van der Waals surface area contributed by atoms with Gasteiger partial charge >= 0.3 is 0 Å². The van der Waals surface area contributed by atoms with Crippen LogP contribution in [0.15, 0.2) is 53.3 Å². The number of anilines is 1. The number of nitrogens with zero attached hydrogens (tertiary/aromatic N) is 2. The molecular formula is C22H24N4O3. The second kappa shape index (κ2) is 7.87. The zero-order chi connectivity index (χ0) is 21.2. The Bertz CT molecular complexity index is 1130. The van der Waals surface area contributed by atoms with Gasteiger partial charge in [-0.1, -0.05) is 51.1 Å². The summed E-state index contributed by atoms with van der Waals surface area (Å²) < 4.78 is 1.02. The number of fused-ring (bicyclic) bond motifs is 1. The van der Waals surface area contributed by atoms with E-state index >= 15 is 0 Å². The Hall–Kier alpha value is -3.48. The molecule has 0 bridgehead atoms. The lowest BCUT2D eigenvalue weighted by atomic mass is 9.87. The van der Waals surface area contributed by atoms with Gasteiger partial charge in [0.25, 0.3) is 11.5 Å². The van der Waals surface area contributed by atoms with E-state index in [0.29, 0.717) is 16.5 Å². The van der Waals surface area contributed by atoms with Crippen LogP contribution in [0, 0.1) is 0 Å². The molecule has 29 heavy (non-hydrogen) atoms. The standard InChI is InChI=1S/C22H24N4O3/c1-22(2,3)14-9-11-15(12-10-14)24-18(27)13-26-21(29)17-8-6-5-7-16(17)19(25-26)20(28)23-4/h5-12H,13H2,1-4H3,(H,23,28)(H,24,27). The zero-order valence-electron chi connectivity index (χ0n) is 16.9. The third-order valence-corrected chi connectivity index (χ3v) is 4.64. The molecule has 0 unspecified atom stereocenters. The van der Waals surface area contributed by atoms with E-state index in [9.17, 15) is 14.4 Å². The molecule has 0 atom stereocenters. The van der Waals surface area contributed by atoms with Gasteiger partial charge in [-0.3, -0.25) is 14.4 Å². The molecule has 0 radical (unpaired) electrons. The van der Waals surface area contributed by atoms with Crippen LogP contribution in [0.2, 0.25) is 0 Å². The number of nitrogens with one attached hydrogen (secondary N) is 2. The molecule has 0 saturated heterocycles. The maximum atomic E-state index is 12.7. The first kappa shape index (κ1) is 20.3. The quantitative estimate of drug-likeness (QED) is 0.714. The van der Waals surface area contributed by atoms with Crippen molar-refractivity contribution in [3.8, 4) is 0 Å². The number of benzene rings is 2. The first-order chi connectivity index (χ1) is 13.7. The molecule has 7 nitrogen and oxygen atoms in total. The average molecular weight is 392 g/mol. The summed E-state index contributed by atoms with van der Waals surface area (Å²) in [6.45, 7) is 6.04. The van der Waals surface area contributed by atoms with Crippen molar-refractivity contribution in [1.82, 2.24) is 15.1 Å². The molecular weight excluding hydrogens is 368 g/mol. The summed E-state index contributed by atoms with van der Waals surface area (Å²) in [5.41, 5.74) is 1.47. The molecule has 150 valence electrons. The fourth-order valence-corrected chi connectivity index (χ4v) is 3.02. The van der Waals surface area contributed by atoms with Gasteiger partial charge in [-0.25, -0.2) is 4.68 Å². The summed E-state index contributed by atoms with van der Waals surface area (Å²) in [6, 6.07) is 14.3. The summed E-state index contributed by atoms with van der Waals surface area (Å²) in [5, 5.41) is 10.2. The van der Waals surface area contributed by atoms with Crippen LogP contribution < -0.4 is 16.2 Å². The van der Waals surface area contributed by atoms with Crippen LogP contribution in [-0.2, 0) is 16.8 Å². The van der Waals surface area contributed by atoms with Crippen molar-refractivity contribution in [1.29, 1.82) is 0 Å². The Morgan fingerprint density at radius 2 is 1.62 bits per heavy atom. The van der Waals surface area contributed by atoms with Gasteiger partial charge in [0.05, 0.1) is 5.39 Å². The van der Waals surface area contributed by atoms with Crippen molar-refractivity contribution in [2.24, 2.45) is 0 Å². The number of rotatable bonds is 4. The van der Waals surface area contributed by atoms with E-state index in [1.165, 1.54) is 7.05 Å². The first-order valence-electron chi connectivity index (χ1n) is 9.33.